The van der Waals surface area contributed by atoms with Crippen molar-refractivity contribution in [1.82, 2.24) is 20.3 Å². The monoisotopic (exact) mass is 593 g/mol. The van der Waals surface area contributed by atoms with Crippen molar-refractivity contribution in [3.8, 4) is 11.4 Å². The average molecular weight is 594 g/mol. The fourth-order valence-electron chi connectivity index (χ4n) is 8.74. The van der Waals surface area contributed by atoms with Gasteiger partial charge in [0.05, 0.1) is 5.41 Å². The molecule has 0 N–H and O–H groups in total. The molecule has 11 heteroatoms. The maximum absolute atomic E-state index is 14.6. The summed E-state index contributed by atoms with van der Waals surface area (Å²) in [5.41, 5.74) is -0.539. The summed E-state index contributed by atoms with van der Waals surface area (Å²) in [6, 6.07) is 7.48. The number of hydrogen-bond acceptors (Lipinski definition) is 7. The van der Waals surface area contributed by atoms with Crippen molar-refractivity contribution in [3.63, 3.8) is 0 Å². The first-order chi connectivity index (χ1) is 20.6. The Morgan fingerprint density at radius 1 is 0.907 bits per heavy atom. The maximum Gasteiger partial charge on any atom is 0.249 e. The molecule has 8 nitrogen and oxygen atoms in total. The topological polar surface area (TPSA) is 98.2 Å². The van der Waals surface area contributed by atoms with E-state index in [4.69, 9.17) is 14.0 Å². The summed E-state index contributed by atoms with van der Waals surface area (Å²) < 4.78 is 52.6. The van der Waals surface area contributed by atoms with Crippen molar-refractivity contribution in [1.29, 1.82) is 0 Å². The largest absolute Gasteiger partial charge is 0.339 e. The maximum atomic E-state index is 14.6. The fourth-order valence-corrected chi connectivity index (χ4v) is 8.74. The Kier molecular flexibility index (Phi) is 5.16. The van der Waals surface area contributed by atoms with Crippen LogP contribution in [0.15, 0.2) is 33.3 Å². The zero-order chi connectivity index (χ0) is 29.2. The third-order valence-electron chi connectivity index (χ3n) is 11.7. The van der Waals surface area contributed by atoms with Gasteiger partial charge in [0, 0.05) is 47.9 Å². The number of anilines is 1. The molecule has 8 fully saturated rings. The van der Waals surface area contributed by atoms with Crippen LogP contribution in [0.4, 0.5) is 18.9 Å². The van der Waals surface area contributed by atoms with E-state index in [9.17, 15) is 18.0 Å². The van der Waals surface area contributed by atoms with Crippen LogP contribution < -0.4 is 4.90 Å². The van der Waals surface area contributed by atoms with Crippen LogP contribution in [0.3, 0.4) is 0 Å². The average Bonchev–Trinajstić information content (AvgIpc) is 3.47. The van der Waals surface area contributed by atoms with Crippen LogP contribution in [-0.4, -0.2) is 44.3 Å². The van der Waals surface area contributed by atoms with Crippen LogP contribution in [0.1, 0.15) is 113 Å². The molecule has 1 aromatic carbocycles. The van der Waals surface area contributed by atoms with E-state index in [-0.39, 0.29) is 35.5 Å². The van der Waals surface area contributed by atoms with Crippen molar-refractivity contribution in [2.45, 2.75) is 112 Å². The summed E-state index contributed by atoms with van der Waals surface area (Å²) in [5, 5.41) is 8.36. The molecule has 43 heavy (non-hydrogen) atoms. The standard InChI is InChI=1S/C32H34F3N5O3/c33-31-15-30(16-31,17-31)27(41)40(22-3-1-2-20(12-22)24-36-25(42-38-24)21-13-32(34,35)14-21)18-28-6-9-29(10-7-28,11-8-28)26-37-23(39-43-26)19-4-5-19/h1-3,12,19,21H,4-11,13-18H2. The van der Waals surface area contributed by atoms with Gasteiger partial charge in [0.25, 0.3) is 0 Å². The number of amides is 1. The third-order valence-corrected chi connectivity index (χ3v) is 11.7. The Balaban J connectivity index is 0.978. The second-order valence-electron chi connectivity index (χ2n) is 14.8. The minimum atomic E-state index is -2.68. The number of aromatic nitrogens is 4. The van der Waals surface area contributed by atoms with E-state index >= 15 is 0 Å². The molecule has 0 saturated heterocycles. The molecule has 2 heterocycles. The van der Waals surface area contributed by atoms with Gasteiger partial charge in [0.15, 0.2) is 5.82 Å². The number of carbonyl (C=O) groups excluding carboxylic acids is 1. The summed E-state index contributed by atoms with van der Waals surface area (Å²) >= 11 is 0. The van der Waals surface area contributed by atoms with Gasteiger partial charge in [-0.15, -0.1) is 0 Å². The summed E-state index contributed by atoms with van der Waals surface area (Å²) in [4.78, 5) is 25.3. The molecule has 8 aliphatic carbocycles. The highest BCUT2D eigenvalue weighted by molar-refractivity contribution is 6.00. The predicted octanol–water partition coefficient (Wildman–Crippen LogP) is 7.03. The van der Waals surface area contributed by atoms with Crippen LogP contribution in [0, 0.1) is 10.8 Å². The summed E-state index contributed by atoms with van der Waals surface area (Å²) in [5.74, 6) is -0.485. The molecule has 8 aliphatic rings. The molecule has 0 unspecified atom stereocenters. The second-order valence-corrected chi connectivity index (χ2v) is 14.8. The smallest absolute Gasteiger partial charge is 0.249 e. The Bertz CT molecular complexity index is 1580. The van der Waals surface area contributed by atoms with E-state index in [2.05, 4.69) is 15.3 Å². The van der Waals surface area contributed by atoms with E-state index in [1.807, 2.05) is 29.2 Å². The molecular weight excluding hydrogens is 559 g/mol. The van der Waals surface area contributed by atoms with Crippen molar-refractivity contribution in [3.05, 3.63) is 41.9 Å². The summed E-state index contributed by atoms with van der Waals surface area (Å²) in [6.45, 7) is 0.568. The quantitative estimate of drug-likeness (QED) is 0.277. The van der Waals surface area contributed by atoms with Gasteiger partial charge in [0.2, 0.25) is 29.4 Å². The lowest BCUT2D eigenvalue weighted by molar-refractivity contribution is -0.211. The SMILES string of the molecule is O=C(N(CC12CCC(c3nc(C4CC4)no3)(CC1)CC2)c1cccc(-c2noc(C3CC(F)(F)C3)n2)c1)C12CC(F)(C1)C2. The van der Waals surface area contributed by atoms with Gasteiger partial charge >= 0.3 is 0 Å². The third kappa shape index (κ3) is 4.05. The molecule has 3 aromatic rings. The van der Waals surface area contributed by atoms with E-state index < -0.39 is 22.9 Å². The van der Waals surface area contributed by atoms with Crippen LogP contribution in [0.5, 0.6) is 0 Å². The molecule has 4 bridgehead atoms. The van der Waals surface area contributed by atoms with Crippen LogP contribution >= 0.6 is 0 Å². The minimum absolute atomic E-state index is 0.00237. The zero-order valence-corrected chi connectivity index (χ0v) is 24.0. The predicted molar refractivity (Wildman–Crippen MR) is 147 cm³/mol. The molecule has 0 spiro atoms. The highest BCUT2D eigenvalue weighted by atomic mass is 19.3. The van der Waals surface area contributed by atoms with Gasteiger partial charge < -0.3 is 13.9 Å². The van der Waals surface area contributed by atoms with Gasteiger partial charge in [0.1, 0.15) is 5.67 Å². The number of rotatable bonds is 8. The van der Waals surface area contributed by atoms with Crippen molar-refractivity contribution in [2.75, 3.05) is 11.4 Å². The zero-order valence-electron chi connectivity index (χ0n) is 24.0. The Morgan fingerprint density at radius 3 is 2.28 bits per heavy atom. The van der Waals surface area contributed by atoms with E-state index in [0.29, 0.717) is 43.1 Å². The number of fused-ring (bicyclic) bond motifs is 3. The normalized spacial score (nSPS) is 35.6. The van der Waals surface area contributed by atoms with Crippen LogP contribution in [-0.2, 0) is 10.2 Å². The van der Waals surface area contributed by atoms with Gasteiger partial charge in [-0.05, 0) is 88.2 Å². The number of alkyl halides is 3. The molecule has 8 saturated carbocycles. The lowest BCUT2D eigenvalue weighted by Crippen LogP contribution is -2.71. The molecule has 0 aliphatic heterocycles. The molecule has 1 amide bonds. The number of nitrogens with zero attached hydrogens (tertiary/aromatic N) is 5. The molecule has 2 aromatic heterocycles. The van der Waals surface area contributed by atoms with E-state index in [1.54, 1.807) is 0 Å². The van der Waals surface area contributed by atoms with E-state index in [0.717, 1.165) is 68.8 Å². The van der Waals surface area contributed by atoms with Gasteiger partial charge in [-0.1, -0.05) is 22.4 Å². The fraction of sp³-hybridized carbons (Fsp3) is 0.656. The highest BCUT2D eigenvalue weighted by Crippen LogP contribution is 2.70. The molecule has 0 radical (unpaired) electrons. The van der Waals surface area contributed by atoms with Gasteiger partial charge in [-0.25, -0.2) is 13.2 Å². The first-order valence-electron chi connectivity index (χ1n) is 15.7. The van der Waals surface area contributed by atoms with Crippen LogP contribution in [0.25, 0.3) is 11.4 Å². The molecular formula is C32H34F3N5O3. The number of hydrogen-bond donors (Lipinski definition) is 0. The van der Waals surface area contributed by atoms with Crippen molar-refractivity contribution >= 4 is 11.6 Å². The minimum Gasteiger partial charge on any atom is -0.339 e. The Morgan fingerprint density at radius 2 is 1.63 bits per heavy atom. The highest BCUT2D eigenvalue weighted by Gasteiger charge is 2.73. The van der Waals surface area contributed by atoms with Gasteiger partial charge in [-0.2, -0.15) is 9.97 Å². The van der Waals surface area contributed by atoms with Crippen molar-refractivity contribution < 1.29 is 27.0 Å². The Hall–Kier alpha value is -3.24. The number of halogens is 3. The van der Waals surface area contributed by atoms with Crippen molar-refractivity contribution in [2.24, 2.45) is 10.8 Å². The van der Waals surface area contributed by atoms with Gasteiger partial charge in [-0.3, -0.25) is 4.79 Å². The second kappa shape index (κ2) is 8.47. The molecule has 0 atom stereocenters. The first-order valence-corrected chi connectivity index (χ1v) is 15.7. The lowest BCUT2D eigenvalue weighted by Gasteiger charge is -2.65. The van der Waals surface area contributed by atoms with Crippen LogP contribution in [0.2, 0.25) is 0 Å². The Labute approximate surface area is 246 Å². The lowest BCUT2D eigenvalue weighted by atomic mass is 9.41. The number of benzene rings is 1. The first kappa shape index (κ1) is 26.2. The van der Waals surface area contributed by atoms with E-state index in [1.165, 1.54) is 0 Å². The molecule has 11 rings (SSSR count). The summed E-state index contributed by atoms with van der Waals surface area (Å²) in [6.07, 6.45) is 8.32. The molecule has 226 valence electrons. The number of carbonyl (C=O) groups is 1. The summed E-state index contributed by atoms with van der Waals surface area (Å²) in [7, 11) is 0.